The first-order valence-corrected chi connectivity index (χ1v) is 7.35. The fourth-order valence-electron chi connectivity index (χ4n) is 1.74. The third kappa shape index (κ3) is 4.63. The average molecular weight is 362 g/mol. The lowest BCUT2D eigenvalue weighted by atomic mass is 10.1. The largest absolute Gasteiger partial charge is 0.348 e. The molecule has 0 unspecified atom stereocenters. The average Bonchev–Trinajstić information content (AvgIpc) is 2.52. The number of benzene rings is 2. The highest BCUT2D eigenvalue weighted by atomic mass is 79.9. The molecule has 0 radical (unpaired) electrons. The van der Waals surface area contributed by atoms with Crippen LogP contribution in [0, 0.1) is 5.82 Å². The standard InChI is InChI=1S/C17H13BrFNO2/c18-14-7-5-12(6-8-14)16(21)9-10-17(22)20-11-13-3-1-2-4-15(13)19/h1-10H,11H2,(H,20,22)/b10-9+. The summed E-state index contributed by atoms with van der Waals surface area (Å²) in [7, 11) is 0. The Morgan fingerprint density at radius 3 is 2.41 bits per heavy atom. The molecule has 0 aliphatic heterocycles. The highest BCUT2D eigenvalue weighted by molar-refractivity contribution is 9.10. The van der Waals surface area contributed by atoms with Gasteiger partial charge in [-0.05, 0) is 36.4 Å². The van der Waals surface area contributed by atoms with E-state index < -0.39 is 5.91 Å². The Balaban J connectivity index is 1.90. The van der Waals surface area contributed by atoms with Crippen LogP contribution in [0.3, 0.4) is 0 Å². The molecule has 0 saturated heterocycles. The lowest BCUT2D eigenvalue weighted by molar-refractivity contribution is -0.116. The first-order chi connectivity index (χ1) is 10.6. The smallest absolute Gasteiger partial charge is 0.244 e. The molecular formula is C17H13BrFNO2. The number of nitrogens with one attached hydrogen (secondary N) is 1. The summed E-state index contributed by atoms with van der Waals surface area (Å²) >= 11 is 3.28. The van der Waals surface area contributed by atoms with E-state index in [1.807, 2.05) is 0 Å². The van der Waals surface area contributed by atoms with E-state index in [9.17, 15) is 14.0 Å². The number of halogens is 2. The molecule has 0 aliphatic rings. The van der Waals surface area contributed by atoms with Crippen molar-refractivity contribution in [2.24, 2.45) is 0 Å². The number of carbonyl (C=O) groups is 2. The Labute approximate surface area is 136 Å². The minimum absolute atomic E-state index is 0.0717. The van der Waals surface area contributed by atoms with Gasteiger partial charge in [-0.1, -0.05) is 34.1 Å². The molecule has 2 aromatic rings. The molecule has 0 fully saturated rings. The summed E-state index contributed by atoms with van der Waals surface area (Å²) in [6.45, 7) is 0.0717. The van der Waals surface area contributed by atoms with Crippen LogP contribution < -0.4 is 5.32 Å². The van der Waals surface area contributed by atoms with Crippen LogP contribution in [-0.2, 0) is 11.3 Å². The van der Waals surface area contributed by atoms with Crippen molar-refractivity contribution in [3.8, 4) is 0 Å². The second-order valence-corrected chi connectivity index (χ2v) is 5.43. The SMILES string of the molecule is O=C(/C=C/C(=O)c1ccc(Br)cc1)NCc1ccccc1F. The number of amides is 1. The predicted octanol–water partition coefficient (Wildman–Crippen LogP) is 3.64. The van der Waals surface area contributed by atoms with Crippen LogP contribution in [0.2, 0.25) is 0 Å². The Hall–Kier alpha value is -2.27. The van der Waals surface area contributed by atoms with Crippen molar-refractivity contribution in [2.45, 2.75) is 6.54 Å². The fourth-order valence-corrected chi connectivity index (χ4v) is 2.01. The maximum Gasteiger partial charge on any atom is 0.244 e. The second-order valence-electron chi connectivity index (χ2n) is 4.51. The maximum atomic E-state index is 13.4. The molecule has 2 aromatic carbocycles. The van der Waals surface area contributed by atoms with Gasteiger partial charge in [-0.2, -0.15) is 0 Å². The van der Waals surface area contributed by atoms with Crippen molar-refractivity contribution >= 4 is 27.6 Å². The zero-order chi connectivity index (χ0) is 15.9. The minimum atomic E-state index is -0.450. The van der Waals surface area contributed by atoms with Crippen molar-refractivity contribution in [3.05, 3.63) is 82.1 Å². The van der Waals surface area contributed by atoms with E-state index in [0.717, 1.165) is 10.5 Å². The van der Waals surface area contributed by atoms with Crippen LogP contribution in [-0.4, -0.2) is 11.7 Å². The van der Waals surface area contributed by atoms with Gasteiger partial charge < -0.3 is 5.32 Å². The van der Waals surface area contributed by atoms with Crippen molar-refractivity contribution in [2.75, 3.05) is 0 Å². The Kier molecular flexibility index (Phi) is 5.61. The van der Waals surface area contributed by atoms with Crippen molar-refractivity contribution < 1.29 is 14.0 Å². The molecule has 0 spiro atoms. The summed E-state index contributed by atoms with van der Waals surface area (Å²) in [6, 6.07) is 13.0. The monoisotopic (exact) mass is 361 g/mol. The Morgan fingerprint density at radius 1 is 1.05 bits per heavy atom. The van der Waals surface area contributed by atoms with Gasteiger partial charge in [0.05, 0.1) is 0 Å². The van der Waals surface area contributed by atoms with E-state index in [1.165, 1.54) is 12.1 Å². The topological polar surface area (TPSA) is 46.2 Å². The molecule has 0 aromatic heterocycles. The molecule has 5 heteroatoms. The molecule has 0 aliphatic carbocycles. The van der Waals surface area contributed by atoms with E-state index in [0.29, 0.717) is 11.1 Å². The van der Waals surface area contributed by atoms with Gasteiger partial charge in [-0.15, -0.1) is 0 Å². The molecule has 0 saturated carbocycles. The van der Waals surface area contributed by atoms with Gasteiger partial charge in [0.15, 0.2) is 5.78 Å². The highest BCUT2D eigenvalue weighted by Crippen LogP contribution is 2.11. The summed E-state index contributed by atoms with van der Waals surface area (Å²) in [4.78, 5) is 23.5. The first-order valence-electron chi connectivity index (χ1n) is 6.55. The summed E-state index contributed by atoms with van der Waals surface area (Å²) in [5, 5.41) is 2.53. The molecule has 3 nitrogen and oxygen atoms in total. The van der Waals surface area contributed by atoms with E-state index in [-0.39, 0.29) is 18.1 Å². The van der Waals surface area contributed by atoms with Gasteiger partial charge in [0.25, 0.3) is 0 Å². The van der Waals surface area contributed by atoms with Crippen molar-refractivity contribution in [3.63, 3.8) is 0 Å². The lowest BCUT2D eigenvalue weighted by Gasteiger charge is -2.03. The quantitative estimate of drug-likeness (QED) is 0.652. The lowest BCUT2D eigenvalue weighted by Crippen LogP contribution is -2.21. The van der Waals surface area contributed by atoms with Gasteiger partial charge >= 0.3 is 0 Å². The van der Waals surface area contributed by atoms with Gasteiger partial charge in [-0.3, -0.25) is 9.59 Å². The number of hydrogen-bond acceptors (Lipinski definition) is 2. The van der Waals surface area contributed by atoms with E-state index >= 15 is 0 Å². The Bertz CT molecular complexity index is 711. The molecule has 112 valence electrons. The van der Waals surface area contributed by atoms with E-state index in [4.69, 9.17) is 0 Å². The van der Waals surface area contributed by atoms with Gasteiger partial charge in [0.2, 0.25) is 5.91 Å². The third-order valence-corrected chi connectivity index (χ3v) is 3.45. The number of carbonyl (C=O) groups excluding carboxylic acids is 2. The second kappa shape index (κ2) is 7.66. The number of allylic oxidation sites excluding steroid dienone is 1. The molecular weight excluding hydrogens is 349 g/mol. The van der Waals surface area contributed by atoms with Crippen LogP contribution in [0.1, 0.15) is 15.9 Å². The predicted molar refractivity (Wildman–Crippen MR) is 85.9 cm³/mol. The van der Waals surface area contributed by atoms with Crippen LogP contribution >= 0.6 is 15.9 Å². The number of rotatable bonds is 5. The molecule has 1 N–H and O–H groups in total. The zero-order valence-corrected chi connectivity index (χ0v) is 13.1. The van der Waals surface area contributed by atoms with Crippen LogP contribution in [0.15, 0.2) is 65.2 Å². The molecule has 0 bridgehead atoms. The molecule has 0 atom stereocenters. The number of ketones is 1. The fraction of sp³-hybridized carbons (Fsp3) is 0.0588. The van der Waals surface area contributed by atoms with Crippen molar-refractivity contribution in [1.29, 1.82) is 0 Å². The molecule has 0 heterocycles. The summed E-state index contributed by atoms with van der Waals surface area (Å²) < 4.78 is 14.3. The third-order valence-electron chi connectivity index (χ3n) is 2.93. The molecule has 1 amide bonds. The molecule has 22 heavy (non-hydrogen) atoms. The molecule has 2 rings (SSSR count). The van der Waals surface area contributed by atoms with Gasteiger partial charge in [0, 0.05) is 28.2 Å². The van der Waals surface area contributed by atoms with Gasteiger partial charge in [-0.25, -0.2) is 4.39 Å². The first kappa shape index (κ1) is 16.1. The minimum Gasteiger partial charge on any atom is -0.348 e. The van der Waals surface area contributed by atoms with Crippen LogP contribution in [0.5, 0.6) is 0 Å². The summed E-state index contributed by atoms with van der Waals surface area (Å²) in [5.74, 6) is -1.10. The summed E-state index contributed by atoms with van der Waals surface area (Å²) in [6.07, 6.45) is 2.34. The maximum absolute atomic E-state index is 13.4. The Morgan fingerprint density at radius 2 is 1.73 bits per heavy atom. The zero-order valence-electron chi connectivity index (χ0n) is 11.6. The number of hydrogen-bond donors (Lipinski definition) is 1. The normalized spacial score (nSPS) is 10.6. The summed E-state index contributed by atoms with van der Waals surface area (Å²) in [5.41, 5.74) is 0.879. The van der Waals surface area contributed by atoms with Crippen molar-refractivity contribution in [1.82, 2.24) is 5.32 Å². The van der Waals surface area contributed by atoms with Crippen LogP contribution in [0.4, 0.5) is 4.39 Å². The van der Waals surface area contributed by atoms with Crippen LogP contribution in [0.25, 0.3) is 0 Å². The van der Waals surface area contributed by atoms with E-state index in [2.05, 4.69) is 21.2 Å². The van der Waals surface area contributed by atoms with E-state index in [1.54, 1.807) is 42.5 Å². The van der Waals surface area contributed by atoms with Gasteiger partial charge in [0.1, 0.15) is 5.82 Å². The highest BCUT2D eigenvalue weighted by Gasteiger charge is 2.04.